The van der Waals surface area contributed by atoms with E-state index < -0.39 is 6.10 Å². The minimum Gasteiger partial charge on any atom is -0.481 e. The number of carbonyl (C=O) groups excluding carboxylic acids is 1. The first-order chi connectivity index (χ1) is 9.53. The molecule has 0 spiro atoms. The van der Waals surface area contributed by atoms with E-state index in [0.717, 1.165) is 11.3 Å². The van der Waals surface area contributed by atoms with Gasteiger partial charge in [0.2, 0.25) is 0 Å². The van der Waals surface area contributed by atoms with E-state index in [-0.39, 0.29) is 11.9 Å². The van der Waals surface area contributed by atoms with Crippen molar-refractivity contribution in [2.45, 2.75) is 39.8 Å². The third-order valence-corrected chi connectivity index (χ3v) is 3.53. The molecule has 0 radical (unpaired) electrons. The Morgan fingerprint density at radius 3 is 2.50 bits per heavy atom. The summed E-state index contributed by atoms with van der Waals surface area (Å²) >= 11 is 0. The molecule has 0 heterocycles. The number of benzene rings is 1. The number of hydrogen-bond acceptors (Lipinski definition) is 3. The fourth-order valence-corrected chi connectivity index (χ4v) is 2.07. The smallest absolute Gasteiger partial charge is 0.263 e. The van der Waals surface area contributed by atoms with Gasteiger partial charge in [0.1, 0.15) is 5.75 Å². The molecule has 1 aromatic carbocycles. The maximum absolute atomic E-state index is 12.2. The fraction of sp³-hybridized carbons (Fsp3) is 0.562. The van der Waals surface area contributed by atoms with Crippen molar-refractivity contribution < 1.29 is 9.53 Å². The largest absolute Gasteiger partial charge is 0.481 e. The SMILES string of the molecule is CCN(CC)C(=O)C(C)Oc1cccc(C(C)NC)c1. The second kappa shape index (κ2) is 7.90. The van der Waals surface area contributed by atoms with Crippen LogP contribution in [0.2, 0.25) is 0 Å². The van der Waals surface area contributed by atoms with Gasteiger partial charge >= 0.3 is 0 Å². The van der Waals surface area contributed by atoms with Crippen molar-refractivity contribution in [3.63, 3.8) is 0 Å². The van der Waals surface area contributed by atoms with E-state index in [1.165, 1.54) is 0 Å². The van der Waals surface area contributed by atoms with Gasteiger partial charge in [-0.3, -0.25) is 4.79 Å². The Hall–Kier alpha value is -1.55. The van der Waals surface area contributed by atoms with Crippen molar-refractivity contribution >= 4 is 5.91 Å². The summed E-state index contributed by atoms with van der Waals surface area (Å²) in [4.78, 5) is 14.0. The summed E-state index contributed by atoms with van der Waals surface area (Å²) in [7, 11) is 1.92. The van der Waals surface area contributed by atoms with Crippen molar-refractivity contribution in [2.75, 3.05) is 20.1 Å². The van der Waals surface area contributed by atoms with Crippen molar-refractivity contribution in [1.82, 2.24) is 10.2 Å². The zero-order valence-electron chi connectivity index (χ0n) is 13.1. The van der Waals surface area contributed by atoms with E-state index in [9.17, 15) is 4.79 Å². The molecule has 0 aromatic heterocycles. The molecule has 0 saturated carbocycles. The van der Waals surface area contributed by atoms with Gasteiger partial charge in [0.15, 0.2) is 6.10 Å². The van der Waals surface area contributed by atoms with Gasteiger partial charge in [-0.05, 0) is 52.4 Å². The number of nitrogens with zero attached hydrogens (tertiary/aromatic N) is 1. The van der Waals surface area contributed by atoms with Crippen LogP contribution in [0.1, 0.15) is 39.3 Å². The Kier molecular flexibility index (Phi) is 6.52. The monoisotopic (exact) mass is 278 g/mol. The minimum atomic E-state index is -0.463. The lowest BCUT2D eigenvalue weighted by molar-refractivity contribution is -0.137. The van der Waals surface area contributed by atoms with Gasteiger partial charge in [0.05, 0.1) is 0 Å². The lowest BCUT2D eigenvalue weighted by atomic mass is 10.1. The Labute approximate surface area is 122 Å². The molecule has 0 aliphatic carbocycles. The molecule has 2 atom stereocenters. The number of ether oxygens (including phenoxy) is 1. The molecule has 0 aliphatic heterocycles. The van der Waals surface area contributed by atoms with Crippen LogP contribution in [-0.4, -0.2) is 37.0 Å². The van der Waals surface area contributed by atoms with Crippen LogP contribution in [0.5, 0.6) is 5.75 Å². The Bertz CT molecular complexity index is 430. The molecular formula is C16H26N2O2. The zero-order chi connectivity index (χ0) is 15.1. The highest BCUT2D eigenvalue weighted by atomic mass is 16.5. The van der Waals surface area contributed by atoms with Gasteiger partial charge in [-0.25, -0.2) is 0 Å². The highest BCUT2D eigenvalue weighted by Crippen LogP contribution is 2.20. The molecule has 4 nitrogen and oxygen atoms in total. The summed E-state index contributed by atoms with van der Waals surface area (Å²) in [6.45, 7) is 9.25. The molecule has 0 fully saturated rings. The molecule has 0 saturated heterocycles. The Morgan fingerprint density at radius 1 is 1.30 bits per heavy atom. The lowest BCUT2D eigenvalue weighted by Crippen LogP contribution is -2.40. The normalized spacial score (nSPS) is 13.7. The maximum Gasteiger partial charge on any atom is 0.263 e. The van der Waals surface area contributed by atoms with E-state index in [2.05, 4.69) is 12.2 Å². The predicted molar refractivity (Wildman–Crippen MR) is 81.9 cm³/mol. The molecule has 1 rings (SSSR count). The summed E-state index contributed by atoms with van der Waals surface area (Å²) in [6, 6.07) is 8.12. The third-order valence-electron chi connectivity index (χ3n) is 3.53. The van der Waals surface area contributed by atoms with E-state index in [1.807, 2.05) is 45.2 Å². The highest BCUT2D eigenvalue weighted by Gasteiger charge is 2.19. The quantitative estimate of drug-likeness (QED) is 0.833. The van der Waals surface area contributed by atoms with Gasteiger partial charge in [-0.2, -0.15) is 0 Å². The van der Waals surface area contributed by atoms with Crippen LogP contribution < -0.4 is 10.1 Å². The standard InChI is InChI=1S/C16H26N2O2/c1-6-18(7-2)16(19)13(4)20-15-10-8-9-14(11-15)12(3)17-5/h8-13,17H,6-7H2,1-5H3. The number of carbonyl (C=O) groups is 1. The molecule has 4 heteroatoms. The van der Waals surface area contributed by atoms with Crippen LogP contribution in [0.25, 0.3) is 0 Å². The van der Waals surface area contributed by atoms with E-state index in [0.29, 0.717) is 13.1 Å². The average Bonchev–Trinajstić information content (AvgIpc) is 2.47. The predicted octanol–water partition coefficient (Wildman–Crippen LogP) is 2.60. The first-order valence-corrected chi connectivity index (χ1v) is 7.26. The van der Waals surface area contributed by atoms with Crippen molar-refractivity contribution in [1.29, 1.82) is 0 Å². The fourth-order valence-electron chi connectivity index (χ4n) is 2.07. The van der Waals surface area contributed by atoms with E-state index in [4.69, 9.17) is 4.74 Å². The van der Waals surface area contributed by atoms with Crippen LogP contribution in [0, 0.1) is 0 Å². The molecule has 1 amide bonds. The topological polar surface area (TPSA) is 41.6 Å². The van der Waals surface area contributed by atoms with Crippen molar-refractivity contribution in [3.8, 4) is 5.75 Å². The first kappa shape index (κ1) is 16.5. The first-order valence-electron chi connectivity index (χ1n) is 7.26. The van der Waals surface area contributed by atoms with E-state index >= 15 is 0 Å². The lowest BCUT2D eigenvalue weighted by Gasteiger charge is -2.23. The summed E-state index contributed by atoms with van der Waals surface area (Å²) in [5.74, 6) is 0.764. The summed E-state index contributed by atoms with van der Waals surface area (Å²) in [5, 5.41) is 3.19. The van der Waals surface area contributed by atoms with Crippen LogP contribution in [0.4, 0.5) is 0 Å². The number of hydrogen-bond donors (Lipinski definition) is 1. The van der Waals surface area contributed by atoms with Gasteiger partial charge in [-0.15, -0.1) is 0 Å². The molecule has 2 unspecified atom stereocenters. The number of nitrogens with one attached hydrogen (secondary N) is 1. The van der Waals surface area contributed by atoms with Gasteiger partial charge in [0, 0.05) is 19.1 Å². The van der Waals surface area contributed by atoms with Gasteiger partial charge in [-0.1, -0.05) is 12.1 Å². The van der Waals surface area contributed by atoms with Crippen LogP contribution in [-0.2, 0) is 4.79 Å². The third kappa shape index (κ3) is 4.23. The maximum atomic E-state index is 12.2. The van der Waals surface area contributed by atoms with Crippen LogP contribution >= 0.6 is 0 Å². The molecule has 1 N–H and O–H groups in total. The van der Waals surface area contributed by atoms with Crippen molar-refractivity contribution in [3.05, 3.63) is 29.8 Å². The van der Waals surface area contributed by atoms with Crippen LogP contribution in [0.15, 0.2) is 24.3 Å². The van der Waals surface area contributed by atoms with Crippen LogP contribution in [0.3, 0.4) is 0 Å². The second-order valence-corrected chi connectivity index (χ2v) is 4.85. The number of rotatable bonds is 7. The molecule has 112 valence electrons. The number of likely N-dealkylation sites (N-methyl/N-ethyl adjacent to an activating group) is 1. The summed E-state index contributed by atoms with van der Waals surface area (Å²) in [6.07, 6.45) is -0.463. The van der Waals surface area contributed by atoms with Gasteiger partial charge in [0.25, 0.3) is 5.91 Å². The average molecular weight is 278 g/mol. The summed E-state index contributed by atoms with van der Waals surface area (Å²) < 4.78 is 5.78. The van der Waals surface area contributed by atoms with Gasteiger partial charge < -0.3 is 15.0 Å². The van der Waals surface area contributed by atoms with Crippen molar-refractivity contribution in [2.24, 2.45) is 0 Å². The van der Waals surface area contributed by atoms with E-state index in [1.54, 1.807) is 11.8 Å². The second-order valence-electron chi connectivity index (χ2n) is 4.85. The highest BCUT2D eigenvalue weighted by molar-refractivity contribution is 5.80. The molecular weight excluding hydrogens is 252 g/mol. The molecule has 0 aliphatic rings. The Balaban J connectivity index is 2.75. The molecule has 1 aromatic rings. The summed E-state index contributed by atoms with van der Waals surface area (Å²) in [5.41, 5.74) is 1.15. The zero-order valence-corrected chi connectivity index (χ0v) is 13.1. The molecule has 0 bridgehead atoms. The molecule has 20 heavy (non-hydrogen) atoms. The minimum absolute atomic E-state index is 0.0297. The Morgan fingerprint density at radius 2 is 1.95 bits per heavy atom. The number of amides is 1.